The molecule has 0 aliphatic carbocycles. The van der Waals surface area contributed by atoms with Crippen molar-refractivity contribution in [3.63, 3.8) is 0 Å². The number of hydrogen-bond donors (Lipinski definition) is 3. The second-order valence-electron chi connectivity index (χ2n) is 5.23. The van der Waals surface area contributed by atoms with Gasteiger partial charge in [0.2, 0.25) is 0 Å². The lowest BCUT2D eigenvalue weighted by Crippen LogP contribution is -2.27. The van der Waals surface area contributed by atoms with Crippen LogP contribution in [-0.4, -0.2) is 15.3 Å². The molecule has 1 unspecified atom stereocenters. The number of aromatic hydroxyl groups is 2. The van der Waals surface area contributed by atoms with E-state index in [9.17, 15) is 15.3 Å². The Morgan fingerprint density at radius 3 is 2.25 bits per heavy atom. The Morgan fingerprint density at radius 2 is 1.65 bits per heavy atom. The van der Waals surface area contributed by atoms with Crippen molar-refractivity contribution in [2.45, 2.75) is 32.8 Å². The predicted molar refractivity (Wildman–Crippen MR) is 79.0 cm³/mol. The summed E-state index contributed by atoms with van der Waals surface area (Å²) in [7, 11) is 0. The first kappa shape index (κ1) is 14.4. The number of phenols is 2. The molecule has 0 aromatic heterocycles. The molecule has 2 aromatic carbocycles. The van der Waals surface area contributed by atoms with Gasteiger partial charge in [-0.2, -0.15) is 0 Å². The minimum absolute atomic E-state index is 0.0225. The third-order valence-corrected chi connectivity index (χ3v) is 3.78. The fourth-order valence-corrected chi connectivity index (χ4v) is 2.58. The minimum atomic E-state index is -1.27. The maximum absolute atomic E-state index is 11.1. The van der Waals surface area contributed by atoms with E-state index in [1.54, 1.807) is 6.07 Å². The minimum Gasteiger partial charge on any atom is -0.508 e. The van der Waals surface area contributed by atoms with Crippen LogP contribution >= 0.6 is 0 Å². The van der Waals surface area contributed by atoms with Gasteiger partial charge in [-0.05, 0) is 43.5 Å². The summed E-state index contributed by atoms with van der Waals surface area (Å²) in [6.07, 6.45) is 0.426. The number of aryl methyl sites for hydroxylation is 2. The zero-order valence-electron chi connectivity index (χ0n) is 12.0. The molecule has 0 fully saturated rings. The van der Waals surface area contributed by atoms with Crippen LogP contribution in [0, 0.1) is 13.8 Å². The molecular formula is C17H20O3. The van der Waals surface area contributed by atoms with Gasteiger partial charge in [0.15, 0.2) is 0 Å². The smallest absolute Gasteiger partial charge is 0.125 e. The fraction of sp³-hybridized carbons (Fsp3) is 0.294. The SMILES string of the molecule is CCC(O)(c1cc(C)ccc1C)c1ccc(O)cc1O. The monoisotopic (exact) mass is 272 g/mol. The normalized spacial score (nSPS) is 14.0. The van der Waals surface area contributed by atoms with E-state index in [0.717, 1.165) is 16.7 Å². The number of rotatable bonds is 3. The first-order valence-electron chi connectivity index (χ1n) is 6.71. The zero-order chi connectivity index (χ0) is 14.9. The van der Waals surface area contributed by atoms with Crippen LogP contribution in [0.25, 0.3) is 0 Å². The van der Waals surface area contributed by atoms with Crippen LogP contribution in [0.4, 0.5) is 0 Å². The largest absolute Gasteiger partial charge is 0.508 e. The summed E-state index contributed by atoms with van der Waals surface area (Å²) in [6.45, 7) is 5.77. The van der Waals surface area contributed by atoms with Gasteiger partial charge in [-0.1, -0.05) is 30.7 Å². The summed E-state index contributed by atoms with van der Waals surface area (Å²) >= 11 is 0. The molecule has 0 radical (unpaired) electrons. The molecule has 3 heteroatoms. The van der Waals surface area contributed by atoms with Gasteiger partial charge >= 0.3 is 0 Å². The van der Waals surface area contributed by atoms with Crippen molar-refractivity contribution in [2.24, 2.45) is 0 Å². The molecule has 1 atom stereocenters. The van der Waals surface area contributed by atoms with Crippen molar-refractivity contribution in [1.29, 1.82) is 0 Å². The molecule has 0 spiro atoms. The maximum Gasteiger partial charge on any atom is 0.125 e. The van der Waals surface area contributed by atoms with E-state index in [2.05, 4.69) is 0 Å². The average Bonchev–Trinajstić information content (AvgIpc) is 2.40. The van der Waals surface area contributed by atoms with Gasteiger partial charge in [-0.3, -0.25) is 0 Å². The van der Waals surface area contributed by atoms with Crippen molar-refractivity contribution in [3.05, 3.63) is 58.7 Å². The summed E-state index contributed by atoms with van der Waals surface area (Å²) in [4.78, 5) is 0. The summed E-state index contributed by atoms with van der Waals surface area (Å²) in [6, 6.07) is 10.2. The first-order valence-corrected chi connectivity index (χ1v) is 6.71. The molecule has 0 aliphatic rings. The Hall–Kier alpha value is -2.00. The highest BCUT2D eigenvalue weighted by molar-refractivity contribution is 5.49. The Labute approximate surface area is 119 Å². The highest BCUT2D eigenvalue weighted by Crippen LogP contribution is 2.40. The molecule has 2 aromatic rings. The van der Waals surface area contributed by atoms with Crippen molar-refractivity contribution >= 4 is 0 Å². The Bertz CT molecular complexity index is 634. The van der Waals surface area contributed by atoms with Gasteiger partial charge in [-0.25, -0.2) is 0 Å². The van der Waals surface area contributed by atoms with Crippen LogP contribution in [0.3, 0.4) is 0 Å². The molecule has 106 valence electrons. The van der Waals surface area contributed by atoms with Gasteiger partial charge in [-0.15, -0.1) is 0 Å². The van der Waals surface area contributed by atoms with Gasteiger partial charge in [0, 0.05) is 11.6 Å². The molecule has 20 heavy (non-hydrogen) atoms. The van der Waals surface area contributed by atoms with E-state index in [0.29, 0.717) is 12.0 Å². The van der Waals surface area contributed by atoms with Crippen LogP contribution in [-0.2, 0) is 5.60 Å². The first-order chi connectivity index (χ1) is 9.38. The third-order valence-electron chi connectivity index (χ3n) is 3.78. The average molecular weight is 272 g/mol. The van der Waals surface area contributed by atoms with E-state index >= 15 is 0 Å². The van der Waals surface area contributed by atoms with Crippen molar-refractivity contribution in [1.82, 2.24) is 0 Å². The van der Waals surface area contributed by atoms with Crippen LogP contribution < -0.4 is 0 Å². The quantitative estimate of drug-likeness (QED) is 0.803. The second-order valence-corrected chi connectivity index (χ2v) is 5.23. The Kier molecular flexibility index (Phi) is 3.73. The van der Waals surface area contributed by atoms with Gasteiger partial charge < -0.3 is 15.3 Å². The topological polar surface area (TPSA) is 60.7 Å². The highest BCUT2D eigenvalue weighted by atomic mass is 16.3. The number of aliphatic hydroxyl groups is 1. The van der Waals surface area contributed by atoms with Crippen molar-refractivity contribution < 1.29 is 15.3 Å². The lowest BCUT2D eigenvalue weighted by Gasteiger charge is -2.30. The Balaban J connectivity index is 2.67. The molecule has 0 aliphatic heterocycles. The highest BCUT2D eigenvalue weighted by Gasteiger charge is 2.33. The molecule has 2 rings (SSSR count). The molecule has 3 N–H and O–H groups in total. The fourth-order valence-electron chi connectivity index (χ4n) is 2.58. The lowest BCUT2D eigenvalue weighted by molar-refractivity contribution is 0.0730. The van der Waals surface area contributed by atoms with Gasteiger partial charge in [0.1, 0.15) is 17.1 Å². The van der Waals surface area contributed by atoms with Gasteiger partial charge in [0.05, 0.1) is 0 Å². The maximum atomic E-state index is 11.1. The number of benzene rings is 2. The van der Waals surface area contributed by atoms with E-state index in [1.807, 2.05) is 39.0 Å². The molecule has 3 nitrogen and oxygen atoms in total. The van der Waals surface area contributed by atoms with E-state index < -0.39 is 5.60 Å². The van der Waals surface area contributed by atoms with E-state index in [4.69, 9.17) is 0 Å². The zero-order valence-corrected chi connectivity index (χ0v) is 12.0. The predicted octanol–water partition coefficient (Wildman–Crippen LogP) is 3.36. The van der Waals surface area contributed by atoms with Crippen LogP contribution in [0.1, 0.15) is 35.6 Å². The molecule has 0 bridgehead atoms. The van der Waals surface area contributed by atoms with Crippen molar-refractivity contribution in [3.8, 4) is 11.5 Å². The summed E-state index contributed by atoms with van der Waals surface area (Å²) in [5.74, 6) is -0.124. The molecule has 0 heterocycles. The standard InChI is InChI=1S/C17H20O3/c1-4-17(20,14-8-7-13(18)10-16(14)19)15-9-11(2)5-6-12(15)3/h5-10,18-20H,4H2,1-3H3. The summed E-state index contributed by atoms with van der Waals surface area (Å²) in [5, 5.41) is 30.6. The van der Waals surface area contributed by atoms with Gasteiger partial charge in [0.25, 0.3) is 0 Å². The lowest BCUT2D eigenvalue weighted by atomic mass is 9.81. The molecule has 0 amide bonds. The molecule has 0 saturated carbocycles. The summed E-state index contributed by atoms with van der Waals surface area (Å²) in [5.41, 5.74) is 1.93. The van der Waals surface area contributed by atoms with E-state index in [-0.39, 0.29) is 11.5 Å². The van der Waals surface area contributed by atoms with Crippen molar-refractivity contribution in [2.75, 3.05) is 0 Å². The van der Waals surface area contributed by atoms with Crippen LogP contribution in [0.5, 0.6) is 11.5 Å². The Morgan fingerprint density at radius 1 is 0.950 bits per heavy atom. The molecule has 0 saturated heterocycles. The molecular weight excluding hydrogens is 252 g/mol. The van der Waals surface area contributed by atoms with Crippen LogP contribution in [0.2, 0.25) is 0 Å². The second kappa shape index (κ2) is 5.17. The third kappa shape index (κ3) is 2.37. The number of hydrogen-bond acceptors (Lipinski definition) is 3. The number of phenolic OH excluding ortho intramolecular Hbond substituents is 2. The summed E-state index contributed by atoms with van der Waals surface area (Å²) < 4.78 is 0. The van der Waals surface area contributed by atoms with E-state index in [1.165, 1.54) is 12.1 Å². The van der Waals surface area contributed by atoms with Crippen LogP contribution in [0.15, 0.2) is 36.4 Å².